The lowest BCUT2D eigenvalue weighted by atomic mass is 9.81. The van der Waals surface area contributed by atoms with E-state index in [1.165, 1.54) is 13.8 Å². The van der Waals surface area contributed by atoms with Gasteiger partial charge < -0.3 is 9.32 Å². The number of nitrogens with zero attached hydrogens (tertiary/aromatic N) is 1. The Morgan fingerprint density at radius 2 is 1.10 bits per heavy atom. The maximum absolute atomic E-state index is 10.6. The molecule has 70 heavy (non-hydrogen) atoms. The molecular formula is C67H45NOS. The van der Waals surface area contributed by atoms with Gasteiger partial charge in [0.15, 0.2) is 0 Å². The van der Waals surface area contributed by atoms with E-state index in [2.05, 4.69) is 0 Å². The number of anilines is 3. The first-order valence-corrected chi connectivity index (χ1v) is 22.1. The molecular weight excluding hydrogens is 867 g/mol. The van der Waals surface area contributed by atoms with Gasteiger partial charge in [-0.25, -0.2) is 0 Å². The predicted molar refractivity (Wildman–Crippen MR) is 298 cm³/mol. The minimum Gasteiger partial charge on any atom is -0.455 e. The van der Waals surface area contributed by atoms with Crippen LogP contribution in [0.2, 0.25) is 0 Å². The van der Waals surface area contributed by atoms with Crippen molar-refractivity contribution in [3.8, 4) is 55.6 Å². The zero-order valence-corrected chi connectivity index (χ0v) is 36.9. The van der Waals surface area contributed by atoms with Gasteiger partial charge in [0.25, 0.3) is 0 Å². The van der Waals surface area contributed by atoms with Gasteiger partial charge in [-0.2, -0.15) is 0 Å². The van der Waals surface area contributed by atoms with Crippen molar-refractivity contribution < 1.29 is 52.4 Å². The molecule has 2 nitrogen and oxygen atoms in total. The molecule has 0 spiro atoms. The normalized spacial score (nSPS) is 19.8. The molecule has 2 heterocycles. The molecule has 0 unspecified atom stereocenters. The Morgan fingerprint density at radius 3 is 1.96 bits per heavy atom. The first-order valence-electron chi connectivity index (χ1n) is 38.8. The number of fused-ring (bicyclic) bond motifs is 11. The molecule has 14 rings (SSSR count). The summed E-state index contributed by atoms with van der Waals surface area (Å²) in [7, 11) is 0. The summed E-state index contributed by atoms with van der Waals surface area (Å²) in [6.07, 6.45) is 0. The second-order valence-electron chi connectivity index (χ2n) is 16.4. The van der Waals surface area contributed by atoms with Crippen LogP contribution in [0.1, 0.15) is 73.0 Å². The van der Waals surface area contributed by atoms with Gasteiger partial charge in [0, 0.05) is 58.7 Å². The largest absolute Gasteiger partial charge is 0.455 e. The number of rotatable bonds is 7. The molecule has 330 valence electrons. The fourth-order valence-electron chi connectivity index (χ4n) is 8.87. The lowest BCUT2D eigenvalue weighted by molar-refractivity contribution is 0.660. The Balaban J connectivity index is 1.23. The average molecular weight is 947 g/mol. The standard InChI is InChI=1S/C67H45NOS/c1-67(2)58-24-10-8-20-53(58)54-36-31-47(41-59(54)67)46-17-12-18-48(40-46)63-60(38-39-61-64(63)57-37-30-44-16-6-7-19-51(44)65(57)69-61)68(49-32-26-43(27-33-49)42-14-4-3-5-15-42)50-34-28-45(29-35-50)52-22-13-23-56-55-21-9-11-25-62(55)70-66(52)56/h3-41H,1-2H3/i3D,4D,5D,6D,7D,8D,10D,12D,13D,14D,15D,16D,17D,18D,19D,20D,22D,23D,24D,26D,27D,28D,29D,30D,31D,32D,33D,34D,35D,36D,37D,38D,39D,40D,41D. The molecule has 0 N–H and O–H groups in total. The van der Waals surface area contributed by atoms with Gasteiger partial charge in [0.1, 0.15) is 11.2 Å². The van der Waals surface area contributed by atoms with Crippen LogP contribution >= 0.6 is 11.3 Å². The zero-order chi connectivity index (χ0) is 77.0. The van der Waals surface area contributed by atoms with Crippen LogP contribution in [-0.4, -0.2) is 0 Å². The van der Waals surface area contributed by atoms with Crippen LogP contribution in [0.3, 0.4) is 0 Å². The number of hydrogen-bond acceptors (Lipinski definition) is 3. The fourth-order valence-corrected chi connectivity index (χ4v) is 10.0. The van der Waals surface area contributed by atoms with Gasteiger partial charge in [0.2, 0.25) is 0 Å². The van der Waals surface area contributed by atoms with E-state index in [1.807, 2.05) is 0 Å². The smallest absolute Gasteiger partial charge is 0.143 e. The van der Waals surface area contributed by atoms with Gasteiger partial charge >= 0.3 is 0 Å². The van der Waals surface area contributed by atoms with E-state index >= 15 is 0 Å². The minimum atomic E-state index is -1.68. The summed E-state index contributed by atoms with van der Waals surface area (Å²) in [5, 5.41) is -2.47. The maximum Gasteiger partial charge on any atom is 0.143 e. The van der Waals surface area contributed by atoms with E-state index in [4.69, 9.17) is 23.6 Å². The molecule has 0 atom stereocenters. The highest BCUT2D eigenvalue weighted by Gasteiger charge is 2.35. The monoisotopic (exact) mass is 947 g/mol. The Kier molecular flexibility index (Phi) is 4.23. The highest BCUT2D eigenvalue weighted by molar-refractivity contribution is 7.26. The second kappa shape index (κ2) is 15.8. The van der Waals surface area contributed by atoms with Crippen LogP contribution in [0.15, 0.2) is 240 Å². The van der Waals surface area contributed by atoms with Gasteiger partial charge in [-0.05, 0) is 127 Å². The van der Waals surface area contributed by atoms with Crippen molar-refractivity contribution in [1.82, 2.24) is 0 Å². The van der Waals surface area contributed by atoms with Crippen molar-refractivity contribution >= 4 is 81.3 Å². The van der Waals surface area contributed by atoms with Crippen molar-refractivity contribution in [2.75, 3.05) is 4.90 Å². The highest BCUT2D eigenvalue weighted by atomic mass is 32.1. The average Bonchev–Trinajstić information content (AvgIpc) is 1.59. The molecule has 0 saturated heterocycles. The molecule has 3 heteroatoms. The number of hydrogen-bond donors (Lipinski definition) is 0. The van der Waals surface area contributed by atoms with Gasteiger partial charge in [-0.3, -0.25) is 0 Å². The van der Waals surface area contributed by atoms with Crippen LogP contribution in [0.5, 0.6) is 0 Å². The third-order valence-corrected chi connectivity index (χ3v) is 13.3. The predicted octanol–water partition coefficient (Wildman–Crippen LogP) is 19.6. The maximum atomic E-state index is 10.6. The third kappa shape index (κ3) is 6.32. The van der Waals surface area contributed by atoms with E-state index in [0.717, 1.165) is 11.3 Å². The van der Waals surface area contributed by atoms with E-state index in [9.17, 15) is 28.8 Å². The molecule has 0 aliphatic heterocycles. The molecule has 0 radical (unpaired) electrons. The van der Waals surface area contributed by atoms with Crippen LogP contribution < -0.4 is 4.90 Å². The quantitative estimate of drug-likeness (QED) is 0.158. The van der Waals surface area contributed by atoms with E-state index in [1.54, 1.807) is 24.3 Å². The lowest BCUT2D eigenvalue weighted by Gasteiger charge is -2.29. The molecule has 1 aliphatic rings. The fraction of sp³-hybridized carbons (Fsp3) is 0.0448. The summed E-state index contributed by atoms with van der Waals surface area (Å²) in [5.41, 5.74) is -15.1. The molecule has 13 aromatic rings. The number of thiophene rings is 1. The Labute approximate surface area is 460 Å². The summed E-state index contributed by atoms with van der Waals surface area (Å²) >= 11 is 0.961. The first kappa shape index (κ1) is 18.8. The van der Waals surface area contributed by atoms with E-state index < -0.39 is 311 Å². The molecule has 0 bridgehead atoms. The lowest BCUT2D eigenvalue weighted by Crippen LogP contribution is -2.14. The summed E-state index contributed by atoms with van der Waals surface area (Å²) in [5.74, 6) is 0. The summed E-state index contributed by atoms with van der Waals surface area (Å²) in [6.45, 7) is 2.89. The second-order valence-corrected chi connectivity index (χ2v) is 17.5. The SMILES string of the molecule is [2H]c1c([2H])c([2H])c(-c2c([2H])c([2H])c(N(c3c([2H])c([2H])c(-c4c([2H])c([2H])c([2H])c5c4sc4ccccc45)c([2H])c3[2H])c3c([2H])c([2H])c4oc5c6c([2H])c([2H])c([2H])c([2H])c6c([2H])c([2H])c5c4c3-c3c([2H])c([2H])c([2H])c(-c4c([2H])c([2H])c5c(c4[2H])C(C)(C)c4c([2H])c([2H])c([2H])c([2H])c4-5)c3[2H])c([2H])c2[2H])c([2H])c1[2H]. The van der Waals surface area contributed by atoms with Crippen LogP contribution in [0, 0.1) is 0 Å². The highest BCUT2D eigenvalue weighted by Crippen LogP contribution is 2.52. The topological polar surface area (TPSA) is 16.4 Å². The molecule has 0 saturated carbocycles. The first-order chi connectivity index (χ1) is 49.1. The van der Waals surface area contributed by atoms with Crippen LogP contribution in [-0.2, 0) is 5.41 Å². The Morgan fingerprint density at radius 1 is 0.457 bits per heavy atom. The summed E-state index contributed by atoms with van der Waals surface area (Å²) in [6, 6.07) is -29.0. The van der Waals surface area contributed by atoms with Crippen molar-refractivity contribution in [3.63, 3.8) is 0 Å². The zero-order valence-electron chi connectivity index (χ0n) is 71.1. The van der Waals surface area contributed by atoms with Crippen molar-refractivity contribution in [1.29, 1.82) is 0 Å². The summed E-state index contributed by atoms with van der Waals surface area (Å²) < 4.78 is 338. The van der Waals surface area contributed by atoms with Crippen molar-refractivity contribution in [3.05, 3.63) is 247 Å². The molecule has 1 aliphatic carbocycles. The van der Waals surface area contributed by atoms with E-state index in [0.29, 0.717) is 15.0 Å². The van der Waals surface area contributed by atoms with Crippen molar-refractivity contribution in [2.24, 2.45) is 0 Å². The van der Waals surface area contributed by atoms with Crippen LogP contribution in [0.4, 0.5) is 17.1 Å². The van der Waals surface area contributed by atoms with Gasteiger partial charge in [-0.15, -0.1) is 11.3 Å². The molecule has 0 fully saturated rings. The number of benzene rings is 11. The van der Waals surface area contributed by atoms with Gasteiger partial charge in [-0.1, -0.05) is 189 Å². The third-order valence-electron chi connectivity index (χ3n) is 12.1. The van der Waals surface area contributed by atoms with Crippen molar-refractivity contribution in [2.45, 2.75) is 19.3 Å². The van der Waals surface area contributed by atoms with E-state index in [-0.39, 0.29) is 32.3 Å². The molecule has 0 amide bonds. The summed E-state index contributed by atoms with van der Waals surface area (Å²) in [4.78, 5) is 0.348. The molecule has 2 aromatic heterocycles. The minimum absolute atomic E-state index is 0.0254. The Hall–Kier alpha value is -8.50. The number of furan rings is 1. The molecule has 11 aromatic carbocycles. The van der Waals surface area contributed by atoms with Crippen LogP contribution in [0.25, 0.3) is 109 Å². The van der Waals surface area contributed by atoms with Gasteiger partial charge in [0.05, 0.1) is 53.7 Å². The Bertz CT molecular complexity index is 6250.